The first-order valence-corrected chi connectivity index (χ1v) is 10.1. The maximum atomic E-state index is 10.3. The molecule has 2 aromatic carbocycles. The second kappa shape index (κ2) is 8.65. The maximum Gasteiger partial charge on any atom is 0.165 e. The van der Waals surface area contributed by atoms with E-state index in [2.05, 4.69) is 15.3 Å². The van der Waals surface area contributed by atoms with Gasteiger partial charge in [-0.1, -0.05) is 42.8 Å². The van der Waals surface area contributed by atoms with Crippen molar-refractivity contribution in [1.82, 2.24) is 15.0 Å². The lowest BCUT2D eigenvalue weighted by molar-refractivity contribution is 0.477. The molecule has 30 heavy (non-hydrogen) atoms. The standard InChI is InChI=1S/C23H22ClN5O/c1-2-16(25)12-27-23-19(17-7-3-5-14-6-4-10-26-21(14)17)13-28-22(29-23)18-11-15(24)8-9-20(18)30/h3-11,13,16,30H,2,12,25H2,1H3,(H,27,28,29)/t16-/m1/s1. The molecule has 0 aliphatic heterocycles. The monoisotopic (exact) mass is 419 g/mol. The van der Waals surface area contributed by atoms with Crippen LogP contribution in [0.4, 0.5) is 5.82 Å². The van der Waals surface area contributed by atoms with Crippen molar-refractivity contribution in [2.75, 3.05) is 11.9 Å². The zero-order valence-electron chi connectivity index (χ0n) is 16.5. The molecule has 0 saturated heterocycles. The van der Waals surface area contributed by atoms with Gasteiger partial charge in [0.25, 0.3) is 0 Å². The fourth-order valence-electron chi connectivity index (χ4n) is 3.22. The van der Waals surface area contributed by atoms with Gasteiger partial charge < -0.3 is 16.2 Å². The average Bonchev–Trinajstić information content (AvgIpc) is 2.78. The summed E-state index contributed by atoms with van der Waals surface area (Å²) in [5.74, 6) is 1.07. The number of phenols is 1. The highest BCUT2D eigenvalue weighted by Crippen LogP contribution is 2.35. The van der Waals surface area contributed by atoms with Crippen molar-refractivity contribution >= 4 is 28.3 Å². The Morgan fingerprint density at radius 1 is 1.07 bits per heavy atom. The Kier molecular flexibility index (Phi) is 5.79. The summed E-state index contributed by atoms with van der Waals surface area (Å²) in [6, 6.07) is 14.7. The highest BCUT2D eigenvalue weighted by Gasteiger charge is 2.16. The number of rotatable bonds is 6. The number of nitrogens with two attached hydrogens (primary N) is 1. The SMILES string of the molecule is CC[C@@H](N)CNc1nc(-c2cc(Cl)ccc2O)ncc1-c1cccc2cccnc12. The van der Waals surface area contributed by atoms with Gasteiger partial charge in [0.05, 0.1) is 11.1 Å². The minimum Gasteiger partial charge on any atom is -0.507 e. The molecule has 0 spiro atoms. The number of halogens is 1. The maximum absolute atomic E-state index is 10.3. The summed E-state index contributed by atoms with van der Waals surface area (Å²) in [4.78, 5) is 13.8. The summed E-state index contributed by atoms with van der Waals surface area (Å²) in [7, 11) is 0. The van der Waals surface area contributed by atoms with Crippen LogP contribution in [-0.4, -0.2) is 32.6 Å². The van der Waals surface area contributed by atoms with Crippen LogP contribution in [-0.2, 0) is 0 Å². The first-order chi connectivity index (χ1) is 14.6. The number of phenolic OH excluding ortho intramolecular Hbond substituents is 1. The molecule has 152 valence electrons. The molecule has 2 heterocycles. The number of para-hydroxylation sites is 1. The summed E-state index contributed by atoms with van der Waals surface area (Å²) in [6.45, 7) is 2.59. The van der Waals surface area contributed by atoms with Gasteiger partial charge in [0.15, 0.2) is 5.82 Å². The molecule has 1 atom stereocenters. The molecular weight excluding hydrogens is 398 g/mol. The summed E-state index contributed by atoms with van der Waals surface area (Å²) >= 11 is 6.11. The van der Waals surface area contributed by atoms with Crippen LogP contribution in [0.1, 0.15) is 13.3 Å². The predicted molar refractivity (Wildman–Crippen MR) is 122 cm³/mol. The molecule has 4 N–H and O–H groups in total. The molecule has 0 radical (unpaired) electrons. The largest absolute Gasteiger partial charge is 0.507 e. The Balaban J connectivity index is 1.86. The van der Waals surface area contributed by atoms with Crippen molar-refractivity contribution in [3.8, 4) is 28.3 Å². The Bertz CT molecular complexity index is 1190. The number of pyridine rings is 1. The van der Waals surface area contributed by atoms with Gasteiger partial charge in [-0.15, -0.1) is 0 Å². The highest BCUT2D eigenvalue weighted by molar-refractivity contribution is 6.30. The molecule has 4 aromatic rings. The number of nitrogens with one attached hydrogen (secondary N) is 1. The number of anilines is 1. The van der Waals surface area contributed by atoms with Gasteiger partial charge in [0.1, 0.15) is 11.6 Å². The van der Waals surface area contributed by atoms with Crippen molar-refractivity contribution < 1.29 is 5.11 Å². The van der Waals surface area contributed by atoms with E-state index in [0.29, 0.717) is 28.8 Å². The highest BCUT2D eigenvalue weighted by atomic mass is 35.5. The quantitative estimate of drug-likeness (QED) is 0.412. The Labute approximate surface area is 179 Å². The third-order valence-corrected chi connectivity index (χ3v) is 5.20. The molecule has 0 aliphatic carbocycles. The molecule has 4 rings (SSSR count). The van der Waals surface area contributed by atoms with Gasteiger partial charge >= 0.3 is 0 Å². The van der Waals surface area contributed by atoms with E-state index in [4.69, 9.17) is 22.3 Å². The van der Waals surface area contributed by atoms with Gasteiger partial charge in [-0.3, -0.25) is 4.98 Å². The summed E-state index contributed by atoms with van der Waals surface area (Å²) in [5, 5.41) is 15.2. The third kappa shape index (κ3) is 4.06. The first kappa shape index (κ1) is 20.1. The number of hydrogen-bond acceptors (Lipinski definition) is 6. The first-order valence-electron chi connectivity index (χ1n) is 9.76. The lowest BCUT2D eigenvalue weighted by atomic mass is 10.0. The number of benzene rings is 2. The molecular formula is C23H22ClN5O. The van der Waals surface area contributed by atoms with Crippen LogP contribution in [0, 0.1) is 0 Å². The van der Waals surface area contributed by atoms with Crippen molar-refractivity contribution in [2.24, 2.45) is 5.73 Å². The van der Waals surface area contributed by atoms with E-state index in [1.807, 2.05) is 37.3 Å². The van der Waals surface area contributed by atoms with Crippen LogP contribution in [0.3, 0.4) is 0 Å². The molecule has 6 nitrogen and oxygen atoms in total. The van der Waals surface area contributed by atoms with Crippen molar-refractivity contribution in [2.45, 2.75) is 19.4 Å². The van der Waals surface area contributed by atoms with Crippen molar-refractivity contribution in [3.63, 3.8) is 0 Å². The fraction of sp³-hybridized carbons (Fsp3) is 0.174. The number of aromatic nitrogens is 3. The topological polar surface area (TPSA) is 97.0 Å². The fourth-order valence-corrected chi connectivity index (χ4v) is 3.40. The van der Waals surface area contributed by atoms with E-state index < -0.39 is 0 Å². The zero-order chi connectivity index (χ0) is 21.1. The van der Waals surface area contributed by atoms with Gasteiger partial charge in [-0.2, -0.15) is 0 Å². The Morgan fingerprint density at radius 3 is 2.73 bits per heavy atom. The van der Waals surface area contributed by atoms with Crippen LogP contribution in [0.15, 0.2) is 60.9 Å². The molecule has 0 saturated carbocycles. The van der Waals surface area contributed by atoms with Crippen molar-refractivity contribution in [1.29, 1.82) is 0 Å². The predicted octanol–water partition coefficient (Wildman–Crippen LogP) is 4.87. The van der Waals surface area contributed by atoms with E-state index in [-0.39, 0.29) is 11.8 Å². The third-order valence-electron chi connectivity index (χ3n) is 4.97. The van der Waals surface area contributed by atoms with Gasteiger partial charge in [-0.25, -0.2) is 9.97 Å². The van der Waals surface area contributed by atoms with E-state index in [1.165, 1.54) is 6.07 Å². The minimum atomic E-state index is -0.0125. The molecule has 0 unspecified atom stereocenters. The number of hydrogen-bond donors (Lipinski definition) is 3. The number of aromatic hydroxyl groups is 1. The zero-order valence-corrected chi connectivity index (χ0v) is 17.3. The molecule has 0 amide bonds. The van der Waals surface area contributed by atoms with Crippen LogP contribution in [0.5, 0.6) is 5.75 Å². The van der Waals surface area contributed by atoms with Crippen LogP contribution in [0.2, 0.25) is 5.02 Å². The molecule has 0 bridgehead atoms. The summed E-state index contributed by atoms with van der Waals surface area (Å²) < 4.78 is 0. The summed E-state index contributed by atoms with van der Waals surface area (Å²) in [5.41, 5.74) is 9.18. The smallest absolute Gasteiger partial charge is 0.165 e. The Hall–Kier alpha value is -3.22. The van der Waals surface area contributed by atoms with Crippen LogP contribution >= 0.6 is 11.6 Å². The lowest BCUT2D eigenvalue weighted by Gasteiger charge is -2.16. The van der Waals surface area contributed by atoms with Crippen LogP contribution in [0.25, 0.3) is 33.4 Å². The van der Waals surface area contributed by atoms with E-state index in [1.54, 1.807) is 24.5 Å². The van der Waals surface area contributed by atoms with E-state index in [0.717, 1.165) is 28.5 Å². The normalized spacial score (nSPS) is 12.1. The second-order valence-corrected chi connectivity index (χ2v) is 7.48. The van der Waals surface area contributed by atoms with Crippen molar-refractivity contribution in [3.05, 3.63) is 65.9 Å². The molecule has 7 heteroatoms. The van der Waals surface area contributed by atoms with E-state index >= 15 is 0 Å². The van der Waals surface area contributed by atoms with Gasteiger partial charge in [0.2, 0.25) is 0 Å². The molecule has 2 aromatic heterocycles. The number of fused-ring (bicyclic) bond motifs is 1. The van der Waals surface area contributed by atoms with E-state index in [9.17, 15) is 5.11 Å². The number of nitrogens with zero attached hydrogens (tertiary/aromatic N) is 3. The molecule has 0 fully saturated rings. The van der Waals surface area contributed by atoms with Gasteiger partial charge in [0, 0.05) is 46.5 Å². The summed E-state index contributed by atoms with van der Waals surface area (Å²) in [6.07, 6.45) is 4.35. The average molecular weight is 420 g/mol. The lowest BCUT2D eigenvalue weighted by Crippen LogP contribution is -2.28. The second-order valence-electron chi connectivity index (χ2n) is 7.05. The minimum absolute atomic E-state index is 0.0125. The molecule has 0 aliphatic rings. The van der Waals surface area contributed by atoms with Crippen LogP contribution < -0.4 is 11.1 Å². The van der Waals surface area contributed by atoms with Gasteiger partial charge in [-0.05, 0) is 30.7 Å². The Morgan fingerprint density at radius 2 is 1.90 bits per heavy atom.